The van der Waals surface area contributed by atoms with Gasteiger partial charge in [-0.05, 0) is 19.1 Å². The largest absolute Gasteiger partial charge is 0.398 e. The molecule has 1 aromatic heterocycles. The van der Waals surface area contributed by atoms with Crippen LogP contribution in [0.1, 0.15) is 6.92 Å². The Morgan fingerprint density at radius 3 is 2.62 bits per heavy atom. The third-order valence-electron chi connectivity index (χ3n) is 2.55. The Balaban J connectivity index is 2.96. The first-order valence-electron chi connectivity index (χ1n) is 4.85. The van der Waals surface area contributed by atoms with E-state index in [4.69, 9.17) is 10.9 Å². The van der Waals surface area contributed by atoms with E-state index in [1.165, 1.54) is 6.20 Å². The summed E-state index contributed by atoms with van der Waals surface area (Å²) in [5.41, 5.74) is 7.00. The second-order valence-electron chi connectivity index (χ2n) is 3.57. The number of benzene rings is 1. The summed E-state index contributed by atoms with van der Waals surface area (Å²) in [4.78, 5) is 0.0856. The number of hydrogen-bond acceptors (Lipinski definition) is 3. The van der Waals surface area contributed by atoms with Gasteiger partial charge in [0.1, 0.15) is 4.90 Å². The van der Waals surface area contributed by atoms with Crippen molar-refractivity contribution in [1.82, 2.24) is 4.57 Å². The zero-order valence-corrected chi connectivity index (χ0v) is 9.66. The summed E-state index contributed by atoms with van der Waals surface area (Å²) < 4.78 is 24.7. The molecule has 0 bridgehead atoms. The maximum Gasteiger partial charge on any atom is 0.240 e. The number of hydrogen-bond donors (Lipinski definition) is 2. The molecule has 0 saturated carbocycles. The summed E-state index contributed by atoms with van der Waals surface area (Å²) in [6, 6.07) is 5.28. The van der Waals surface area contributed by atoms with E-state index in [1.54, 1.807) is 12.1 Å². The number of nitrogen functional groups attached to an aromatic ring is 1. The van der Waals surface area contributed by atoms with Crippen molar-refractivity contribution in [3.63, 3.8) is 0 Å². The molecule has 0 saturated heterocycles. The molecule has 5 nitrogen and oxygen atoms in total. The smallest absolute Gasteiger partial charge is 0.240 e. The van der Waals surface area contributed by atoms with Crippen molar-refractivity contribution in [2.45, 2.75) is 18.4 Å². The van der Waals surface area contributed by atoms with Crippen LogP contribution >= 0.6 is 0 Å². The van der Waals surface area contributed by atoms with Gasteiger partial charge in [0, 0.05) is 23.8 Å². The highest BCUT2D eigenvalue weighted by Crippen LogP contribution is 2.29. The van der Waals surface area contributed by atoms with Crippen molar-refractivity contribution in [3.05, 3.63) is 24.4 Å². The van der Waals surface area contributed by atoms with E-state index in [1.807, 2.05) is 17.6 Å². The number of aryl methyl sites for hydroxylation is 1. The van der Waals surface area contributed by atoms with E-state index in [2.05, 4.69) is 0 Å². The number of fused-ring (bicyclic) bond motifs is 1. The number of nitrogens with zero attached hydrogens (tertiary/aromatic N) is 1. The van der Waals surface area contributed by atoms with Crippen molar-refractivity contribution in [2.24, 2.45) is 5.14 Å². The molecule has 0 amide bonds. The predicted molar refractivity (Wildman–Crippen MR) is 63.4 cm³/mol. The fraction of sp³-hybridized carbons (Fsp3) is 0.200. The lowest BCUT2D eigenvalue weighted by Crippen LogP contribution is -2.12. The van der Waals surface area contributed by atoms with Gasteiger partial charge < -0.3 is 10.3 Å². The normalized spacial score (nSPS) is 12.1. The SMILES string of the molecule is CCn1cc(S(N)(=O)=O)c2c(N)cccc21. The van der Waals surface area contributed by atoms with Crippen LogP contribution in [0.5, 0.6) is 0 Å². The van der Waals surface area contributed by atoms with Crippen molar-refractivity contribution in [3.8, 4) is 0 Å². The van der Waals surface area contributed by atoms with Crippen LogP contribution in [0.25, 0.3) is 10.9 Å². The van der Waals surface area contributed by atoms with Crippen molar-refractivity contribution in [2.75, 3.05) is 5.73 Å². The number of nitrogens with two attached hydrogens (primary N) is 2. The summed E-state index contributed by atoms with van der Waals surface area (Å²) in [5.74, 6) is 0. The first-order chi connectivity index (χ1) is 7.45. The molecule has 0 spiro atoms. The molecule has 0 unspecified atom stereocenters. The van der Waals surface area contributed by atoms with Gasteiger partial charge in [-0.2, -0.15) is 0 Å². The first kappa shape index (κ1) is 11.0. The van der Waals surface area contributed by atoms with Gasteiger partial charge in [-0.1, -0.05) is 6.07 Å². The second-order valence-corrected chi connectivity index (χ2v) is 5.10. The minimum Gasteiger partial charge on any atom is -0.398 e. The number of sulfonamides is 1. The molecule has 0 aliphatic carbocycles. The van der Waals surface area contributed by atoms with Crippen LogP contribution in [0.15, 0.2) is 29.3 Å². The van der Waals surface area contributed by atoms with E-state index >= 15 is 0 Å². The molecule has 0 radical (unpaired) electrons. The summed E-state index contributed by atoms with van der Waals surface area (Å²) in [5, 5.41) is 5.67. The standard InChI is InChI=1S/C10H13N3O2S/c1-2-13-6-9(16(12,14)15)10-7(11)4-3-5-8(10)13/h3-6H,2,11H2,1H3,(H2,12,14,15). The molecule has 16 heavy (non-hydrogen) atoms. The molecule has 0 aliphatic rings. The third kappa shape index (κ3) is 1.56. The molecule has 0 fully saturated rings. The Hall–Kier alpha value is -1.53. The Morgan fingerprint density at radius 2 is 2.06 bits per heavy atom. The summed E-state index contributed by atoms with van der Waals surface area (Å²) >= 11 is 0. The molecular weight excluding hydrogens is 226 g/mol. The highest BCUT2D eigenvalue weighted by Gasteiger charge is 2.18. The lowest BCUT2D eigenvalue weighted by Gasteiger charge is -2.01. The molecule has 86 valence electrons. The third-order valence-corrected chi connectivity index (χ3v) is 3.47. The molecule has 2 rings (SSSR count). The Kier molecular flexibility index (Phi) is 2.40. The highest BCUT2D eigenvalue weighted by molar-refractivity contribution is 7.89. The molecule has 2 aromatic rings. The molecule has 0 atom stereocenters. The predicted octanol–water partition coefficient (Wildman–Crippen LogP) is 0.891. The van der Waals surface area contributed by atoms with Crippen LogP contribution in [-0.4, -0.2) is 13.0 Å². The van der Waals surface area contributed by atoms with Gasteiger partial charge in [0.25, 0.3) is 0 Å². The molecular formula is C10H13N3O2S. The first-order valence-corrected chi connectivity index (χ1v) is 6.40. The minimum atomic E-state index is -3.74. The molecule has 1 aromatic carbocycles. The fourth-order valence-corrected chi connectivity index (χ4v) is 2.60. The van der Waals surface area contributed by atoms with Gasteiger partial charge in [-0.15, -0.1) is 0 Å². The van der Waals surface area contributed by atoms with E-state index < -0.39 is 10.0 Å². The fourth-order valence-electron chi connectivity index (χ4n) is 1.82. The van der Waals surface area contributed by atoms with Crippen LogP contribution in [0.2, 0.25) is 0 Å². The van der Waals surface area contributed by atoms with Gasteiger partial charge in [0.15, 0.2) is 0 Å². The zero-order chi connectivity index (χ0) is 11.9. The van der Waals surface area contributed by atoms with Crippen LogP contribution in [0.3, 0.4) is 0 Å². The monoisotopic (exact) mass is 239 g/mol. The minimum absolute atomic E-state index is 0.0856. The van der Waals surface area contributed by atoms with Crippen molar-refractivity contribution < 1.29 is 8.42 Å². The van der Waals surface area contributed by atoms with E-state index in [-0.39, 0.29) is 4.90 Å². The van der Waals surface area contributed by atoms with Gasteiger partial charge in [-0.25, -0.2) is 13.6 Å². The Bertz CT molecular complexity index is 643. The van der Waals surface area contributed by atoms with Gasteiger partial charge >= 0.3 is 0 Å². The van der Waals surface area contributed by atoms with Crippen molar-refractivity contribution in [1.29, 1.82) is 0 Å². The molecule has 4 N–H and O–H groups in total. The summed E-state index contributed by atoms with van der Waals surface area (Å²) in [6.07, 6.45) is 1.52. The quantitative estimate of drug-likeness (QED) is 0.762. The number of primary sulfonamides is 1. The maximum absolute atomic E-state index is 11.4. The lowest BCUT2D eigenvalue weighted by molar-refractivity contribution is 0.598. The number of aromatic nitrogens is 1. The topological polar surface area (TPSA) is 91.1 Å². The highest BCUT2D eigenvalue weighted by atomic mass is 32.2. The number of anilines is 1. The average Bonchev–Trinajstić information content (AvgIpc) is 2.57. The van der Waals surface area contributed by atoms with E-state index in [9.17, 15) is 8.42 Å². The molecule has 0 aliphatic heterocycles. The molecule has 1 heterocycles. The van der Waals surface area contributed by atoms with Crippen LogP contribution < -0.4 is 10.9 Å². The van der Waals surface area contributed by atoms with Crippen molar-refractivity contribution >= 4 is 26.6 Å². The maximum atomic E-state index is 11.4. The molecule has 6 heteroatoms. The van der Waals surface area contributed by atoms with Crippen LogP contribution in [0.4, 0.5) is 5.69 Å². The zero-order valence-electron chi connectivity index (χ0n) is 8.84. The Labute approximate surface area is 93.7 Å². The summed E-state index contributed by atoms with van der Waals surface area (Å²) in [7, 11) is -3.74. The van der Waals surface area contributed by atoms with Crippen LogP contribution in [-0.2, 0) is 16.6 Å². The average molecular weight is 239 g/mol. The van der Waals surface area contributed by atoms with Crippen LogP contribution in [0, 0.1) is 0 Å². The van der Waals surface area contributed by atoms with Gasteiger partial charge in [0.05, 0.1) is 5.52 Å². The van der Waals surface area contributed by atoms with Gasteiger partial charge in [0.2, 0.25) is 10.0 Å². The van der Waals surface area contributed by atoms with Gasteiger partial charge in [-0.3, -0.25) is 0 Å². The summed E-state index contributed by atoms with van der Waals surface area (Å²) in [6.45, 7) is 2.59. The second kappa shape index (κ2) is 3.50. The van der Waals surface area contributed by atoms with E-state index in [0.29, 0.717) is 17.6 Å². The lowest BCUT2D eigenvalue weighted by atomic mass is 10.2. The van der Waals surface area contributed by atoms with E-state index in [0.717, 1.165) is 5.52 Å². The number of rotatable bonds is 2. The Morgan fingerprint density at radius 1 is 1.38 bits per heavy atom.